The third-order valence-electron chi connectivity index (χ3n) is 3.40. The van der Waals surface area contributed by atoms with Crippen molar-refractivity contribution in [3.63, 3.8) is 0 Å². The summed E-state index contributed by atoms with van der Waals surface area (Å²) >= 11 is 12.0. The Labute approximate surface area is 133 Å². The number of aromatic nitrogens is 2. The predicted octanol–water partition coefficient (Wildman–Crippen LogP) is 4.83. The van der Waals surface area contributed by atoms with Gasteiger partial charge in [-0.2, -0.15) is 0 Å². The molecule has 0 fully saturated rings. The number of para-hydroxylation sites is 1. The lowest BCUT2D eigenvalue weighted by Gasteiger charge is -2.07. The summed E-state index contributed by atoms with van der Waals surface area (Å²) in [6.07, 6.45) is 0.804. The summed E-state index contributed by atoms with van der Waals surface area (Å²) in [5, 5.41) is 4.48. The van der Waals surface area contributed by atoms with Gasteiger partial charge in [-0.25, -0.2) is 4.98 Å². The molecule has 3 nitrogen and oxygen atoms in total. The molecule has 0 bridgehead atoms. The minimum atomic E-state index is 0.528. The van der Waals surface area contributed by atoms with Gasteiger partial charge in [0.1, 0.15) is 5.82 Å². The summed E-state index contributed by atoms with van der Waals surface area (Å²) in [6.45, 7) is 2.90. The van der Waals surface area contributed by atoms with Crippen LogP contribution in [-0.4, -0.2) is 16.5 Å². The fraction of sp³-hybridized carbons (Fsp3) is 0.188. The monoisotopic (exact) mass is 319 g/mol. The third kappa shape index (κ3) is 3.14. The Balaban J connectivity index is 1.70. The Hall–Kier alpha value is -1.71. The molecule has 0 radical (unpaired) electrons. The van der Waals surface area contributed by atoms with Crippen LogP contribution in [0.1, 0.15) is 11.4 Å². The molecule has 0 amide bonds. The first kappa shape index (κ1) is 14.2. The highest BCUT2D eigenvalue weighted by atomic mass is 35.5. The Bertz CT molecular complexity index is 741. The zero-order chi connectivity index (χ0) is 14.8. The van der Waals surface area contributed by atoms with E-state index in [0.29, 0.717) is 10.0 Å². The molecule has 0 saturated heterocycles. The van der Waals surface area contributed by atoms with Crippen LogP contribution in [0.5, 0.6) is 0 Å². The van der Waals surface area contributed by atoms with Crippen molar-refractivity contribution in [2.75, 3.05) is 11.9 Å². The molecule has 3 aromatic rings. The highest BCUT2D eigenvalue weighted by Gasteiger charge is 2.06. The van der Waals surface area contributed by atoms with Crippen molar-refractivity contribution in [3.8, 4) is 0 Å². The largest absolute Gasteiger partial charge is 0.384 e. The molecule has 0 saturated carbocycles. The van der Waals surface area contributed by atoms with E-state index in [4.69, 9.17) is 23.2 Å². The van der Waals surface area contributed by atoms with Crippen LogP contribution in [0.25, 0.3) is 11.0 Å². The molecule has 2 N–H and O–H groups in total. The van der Waals surface area contributed by atoms with E-state index >= 15 is 0 Å². The standard InChI is InChI=1S/C16H15Cl2N3/c1-10-4-2-3-5-13(10)19-7-6-16-20-14-8-11(17)12(18)9-15(14)21-16/h2-5,8-9,19H,6-7H2,1H3,(H,20,21). The summed E-state index contributed by atoms with van der Waals surface area (Å²) in [7, 11) is 0. The molecule has 2 aromatic carbocycles. The maximum absolute atomic E-state index is 6.01. The molecule has 0 aliphatic carbocycles. The van der Waals surface area contributed by atoms with Gasteiger partial charge in [-0.15, -0.1) is 0 Å². The lowest BCUT2D eigenvalue weighted by molar-refractivity contribution is 0.933. The number of aromatic amines is 1. The zero-order valence-corrected chi connectivity index (χ0v) is 13.1. The summed E-state index contributed by atoms with van der Waals surface area (Å²) in [5.74, 6) is 0.921. The average molecular weight is 320 g/mol. The van der Waals surface area contributed by atoms with E-state index in [1.165, 1.54) is 5.56 Å². The first-order valence-electron chi connectivity index (χ1n) is 6.76. The van der Waals surface area contributed by atoms with Crippen molar-refractivity contribution >= 4 is 39.9 Å². The van der Waals surface area contributed by atoms with Gasteiger partial charge in [0.15, 0.2) is 0 Å². The number of hydrogen-bond acceptors (Lipinski definition) is 2. The molecule has 0 spiro atoms. The third-order valence-corrected chi connectivity index (χ3v) is 4.12. The van der Waals surface area contributed by atoms with Crippen molar-refractivity contribution in [1.29, 1.82) is 0 Å². The van der Waals surface area contributed by atoms with Crippen molar-refractivity contribution in [1.82, 2.24) is 9.97 Å². The number of rotatable bonds is 4. The minimum Gasteiger partial charge on any atom is -0.384 e. The number of aryl methyl sites for hydroxylation is 1. The van der Waals surface area contributed by atoms with E-state index < -0.39 is 0 Å². The van der Waals surface area contributed by atoms with Gasteiger partial charge >= 0.3 is 0 Å². The van der Waals surface area contributed by atoms with Crippen LogP contribution in [0.15, 0.2) is 36.4 Å². The summed E-state index contributed by atoms with van der Waals surface area (Å²) < 4.78 is 0. The van der Waals surface area contributed by atoms with E-state index in [-0.39, 0.29) is 0 Å². The predicted molar refractivity (Wildman–Crippen MR) is 89.5 cm³/mol. The molecule has 0 unspecified atom stereocenters. The lowest BCUT2D eigenvalue weighted by atomic mass is 10.2. The smallest absolute Gasteiger partial charge is 0.108 e. The maximum Gasteiger partial charge on any atom is 0.108 e. The molecular weight excluding hydrogens is 305 g/mol. The number of fused-ring (bicyclic) bond motifs is 1. The number of imidazole rings is 1. The van der Waals surface area contributed by atoms with E-state index in [0.717, 1.165) is 35.5 Å². The van der Waals surface area contributed by atoms with Crippen molar-refractivity contribution in [3.05, 3.63) is 57.8 Å². The molecule has 5 heteroatoms. The second-order valence-electron chi connectivity index (χ2n) is 4.96. The van der Waals surface area contributed by atoms with Gasteiger partial charge in [-0.3, -0.25) is 0 Å². The maximum atomic E-state index is 6.01. The first-order chi connectivity index (χ1) is 10.1. The van der Waals surface area contributed by atoms with E-state index in [9.17, 15) is 0 Å². The van der Waals surface area contributed by atoms with Crippen LogP contribution in [0.3, 0.4) is 0 Å². The van der Waals surface area contributed by atoms with Gasteiger partial charge in [0.2, 0.25) is 0 Å². The molecule has 21 heavy (non-hydrogen) atoms. The number of halogens is 2. The lowest BCUT2D eigenvalue weighted by Crippen LogP contribution is -2.06. The quantitative estimate of drug-likeness (QED) is 0.722. The Morgan fingerprint density at radius 3 is 2.71 bits per heavy atom. The number of nitrogens with one attached hydrogen (secondary N) is 2. The van der Waals surface area contributed by atoms with Gasteiger partial charge in [0.05, 0.1) is 21.1 Å². The molecule has 3 rings (SSSR count). The van der Waals surface area contributed by atoms with E-state index in [2.05, 4.69) is 34.3 Å². The topological polar surface area (TPSA) is 40.7 Å². The fourth-order valence-corrected chi connectivity index (χ4v) is 2.58. The van der Waals surface area contributed by atoms with Crippen LogP contribution in [0.2, 0.25) is 10.0 Å². The second-order valence-corrected chi connectivity index (χ2v) is 5.77. The van der Waals surface area contributed by atoms with Crippen LogP contribution in [0.4, 0.5) is 5.69 Å². The number of anilines is 1. The number of nitrogens with zero attached hydrogens (tertiary/aromatic N) is 1. The van der Waals surface area contributed by atoms with Crippen LogP contribution >= 0.6 is 23.2 Å². The Morgan fingerprint density at radius 1 is 1.14 bits per heavy atom. The fourth-order valence-electron chi connectivity index (χ4n) is 2.26. The molecule has 1 heterocycles. The van der Waals surface area contributed by atoms with Crippen LogP contribution in [-0.2, 0) is 6.42 Å². The second kappa shape index (κ2) is 5.96. The van der Waals surface area contributed by atoms with Crippen molar-refractivity contribution in [2.24, 2.45) is 0 Å². The molecule has 0 atom stereocenters. The Kier molecular flexibility index (Phi) is 4.04. The highest BCUT2D eigenvalue weighted by Crippen LogP contribution is 2.26. The summed E-state index contributed by atoms with van der Waals surface area (Å²) in [5.41, 5.74) is 4.14. The zero-order valence-electron chi connectivity index (χ0n) is 11.6. The van der Waals surface area contributed by atoms with E-state index in [1.807, 2.05) is 18.2 Å². The molecule has 1 aromatic heterocycles. The van der Waals surface area contributed by atoms with Gasteiger partial charge in [0, 0.05) is 18.7 Å². The summed E-state index contributed by atoms with van der Waals surface area (Å²) in [6, 6.07) is 11.8. The van der Waals surface area contributed by atoms with Crippen LogP contribution < -0.4 is 5.32 Å². The van der Waals surface area contributed by atoms with Gasteiger partial charge < -0.3 is 10.3 Å². The number of H-pyrrole nitrogens is 1. The minimum absolute atomic E-state index is 0.528. The molecule has 0 aliphatic heterocycles. The van der Waals surface area contributed by atoms with E-state index in [1.54, 1.807) is 6.07 Å². The van der Waals surface area contributed by atoms with Crippen LogP contribution in [0, 0.1) is 6.92 Å². The first-order valence-corrected chi connectivity index (χ1v) is 7.52. The Morgan fingerprint density at radius 2 is 1.90 bits per heavy atom. The molecule has 0 aliphatic rings. The SMILES string of the molecule is Cc1ccccc1NCCc1nc2cc(Cl)c(Cl)cc2[nH]1. The molecular formula is C16H15Cl2N3. The normalized spacial score (nSPS) is 11.0. The van der Waals surface area contributed by atoms with Crippen molar-refractivity contribution < 1.29 is 0 Å². The average Bonchev–Trinajstić information content (AvgIpc) is 2.83. The van der Waals surface area contributed by atoms with Gasteiger partial charge in [-0.05, 0) is 30.7 Å². The van der Waals surface area contributed by atoms with Gasteiger partial charge in [0.25, 0.3) is 0 Å². The summed E-state index contributed by atoms with van der Waals surface area (Å²) in [4.78, 5) is 7.80. The van der Waals surface area contributed by atoms with Gasteiger partial charge in [-0.1, -0.05) is 41.4 Å². The highest BCUT2D eigenvalue weighted by molar-refractivity contribution is 6.42. The number of hydrogen-bond donors (Lipinski definition) is 2. The van der Waals surface area contributed by atoms with Crippen molar-refractivity contribution in [2.45, 2.75) is 13.3 Å². The number of benzene rings is 2. The molecule has 108 valence electrons.